The second kappa shape index (κ2) is 9.02. The maximum Gasteiger partial charge on any atom is 0.188 e. The number of aliphatic hydroxyl groups is 1. The molecule has 1 N–H and O–H groups in total. The van der Waals surface area contributed by atoms with Gasteiger partial charge in [-0.15, -0.1) is 0 Å². The molecule has 0 bridgehead atoms. The summed E-state index contributed by atoms with van der Waals surface area (Å²) >= 11 is 0. The fourth-order valence-electron chi connectivity index (χ4n) is 3.10. The quantitative estimate of drug-likeness (QED) is 0.469. The normalized spacial score (nSPS) is 12.8. The highest BCUT2D eigenvalue weighted by atomic mass is 16.3. The zero-order valence-electron chi connectivity index (χ0n) is 15.4. The Balaban J connectivity index is 1.89. The molecule has 0 spiro atoms. The van der Waals surface area contributed by atoms with Crippen LogP contribution in [0, 0.1) is 5.92 Å². The maximum absolute atomic E-state index is 13.1. The lowest BCUT2D eigenvalue weighted by atomic mass is 9.83. The number of benzene rings is 2. The number of aromatic nitrogens is 1. The summed E-state index contributed by atoms with van der Waals surface area (Å²) in [6.07, 6.45) is 2.08. The molecule has 0 saturated carbocycles. The molecule has 0 aliphatic carbocycles. The van der Waals surface area contributed by atoms with Crippen LogP contribution >= 0.6 is 0 Å². The van der Waals surface area contributed by atoms with Crippen LogP contribution in [0.3, 0.4) is 0 Å². The molecule has 0 radical (unpaired) electrons. The molecule has 2 unspecified atom stereocenters. The first kappa shape index (κ1) is 19.4. The van der Waals surface area contributed by atoms with E-state index >= 15 is 0 Å². The lowest BCUT2D eigenvalue weighted by molar-refractivity contribution is 0.0672. The number of carbonyl (C=O) groups excluding carboxylic acids is 2. The number of aliphatic hydroxyl groups excluding tert-OH is 1. The SMILES string of the molecule is C=C(CC(C(=O)c1ccccc1)C(O)c1cccnc1)C(=O)c1ccccc1. The van der Waals surface area contributed by atoms with Gasteiger partial charge in [-0.25, -0.2) is 0 Å². The summed E-state index contributed by atoms with van der Waals surface area (Å²) < 4.78 is 0. The van der Waals surface area contributed by atoms with Gasteiger partial charge in [0.1, 0.15) is 0 Å². The Bertz CT molecular complexity index is 953. The van der Waals surface area contributed by atoms with Gasteiger partial charge in [-0.3, -0.25) is 14.6 Å². The van der Waals surface area contributed by atoms with Crippen LogP contribution in [0.2, 0.25) is 0 Å². The van der Waals surface area contributed by atoms with Gasteiger partial charge in [0.25, 0.3) is 0 Å². The summed E-state index contributed by atoms with van der Waals surface area (Å²) in [5.74, 6) is -1.31. The Morgan fingerprint density at radius 1 is 0.893 bits per heavy atom. The smallest absolute Gasteiger partial charge is 0.188 e. The molecule has 140 valence electrons. The van der Waals surface area contributed by atoms with E-state index in [1.165, 1.54) is 6.20 Å². The highest BCUT2D eigenvalue weighted by Gasteiger charge is 2.31. The van der Waals surface area contributed by atoms with Crippen LogP contribution in [0.1, 0.15) is 38.8 Å². The molecule has 0 fully saturated rings. The second-order valence-corrected chi connectivity index (χ2v) is 6.57. The number of allylic oxidation sites excluding steroid dienone is 1. The summed E-state index contributed by atoms with van der Waals surface area (Å²) in [5, 5.41) is 10.9. The van der Waals surface area contributed by atoms with Gasteiger partial charge in [-0.2, -0.15) is 0 Å². The first-order valence-corrected chi connectivity index (χ1v) is 9.02. The standard InChI is InChI=1S/C24H21NO3/c1-17(22(26)18-9-4-2-5-10-18)15-21(23(27)19-11-6-3-7-12-19)24(28)20-13-8-14-25-16-20/h2-14,16,21,24,28H,1,15H2. The molecule has 4 heteroatoms. The number of hydrogen-bond donors (Lipinski definition) is 1. The summed E-state index contributed by atoms with van der Waals surface area (Å²) in [7, 11) is 0. The average Bonchev–Trinajstić information content (AvgIpc) is 2.77. The number of ketones is 2. The van der Waals surface area contributed by atoms with Crippen molar-refractivity contribution < 1.29 is 14.7 Å². The van der Waals surface area contributed by atoms with Gasteiger partial charge < -0.3 is 5.11 Å². The molecule has 3 aromatic rings. The van der Waals surface area contributed by atoms with E-state index in [4.69, 9.17) is 0 Å². The summed E-state index contributed by atoms with van der Waals surface area (Å²) in [6.45, 7) is 3.89. The number of pyridine rings is 1. The molecule has 1 heterocycles. The number of hydrogen-bond acceptors (Lipinski definition) is 4. The van der Waals surface area contributed by atoms with Crippen LogP contribution in [-0.2, 0) is 0 Å². The molecule has 2 aromatic carbocycles. The molecule has 28 heavy (non-hydrogen) atoms. The first-order valence-electron chi connectivity index (χ1n) is 9.02. The predicted molar refractivity (Wildman–Crippen MR) is 108 cm³/mol. The highest BCUT2D eigenvalue weighted by Crippen LogP contribution is 2.30. The Labute approximate surface area is 164 Å². The van der Waals surface area contributed by atoms with E-state index in [1.807, 2.05) is 12.1 Å². The van der Waals surface area contributed by atoms with Crippen molar-refractivity contribution in [2.24, 2.45) is 5.92 Å². The lowest BCUT2D eigenvalue weighted by Gasteiger charge is -2.23. The second-order valence-electron chi connectivity index (χ2n) is 6.57. The molecule has 0 amide bonds. The van der Waals surface area contributed by atoms with Crippen LogP contribution < -0.4 is 0 Å². The fraction of sp³-hybridized carbons (Fsp3) is 0.125. The molecule has 0 saturated heterocycles. The summed E-state index contributed by atoms with van der Waals surface area (Å²) in [4.78, 5) is 29.8. The van der Waals surface area contributed by atoms with Gasteiger partial charge in [0, 0.05) is 23.5 Å². The van der Waals surface area contributed by atoms with E-state index in [2.05, 4.69) is 11.6 Å². The first-order chi connectivity index (χ1) is 13.6. The highest BCUT2D eigenvalue weighted by molar-refractivity contribution is 6.09. The van der Waals surface area contributed by atoms with Gasteiger partial charge in [-0.05, 0) is 23.6 Å². The van der Waals surface area contributed by atoms with Crippen molar-refractivity contribution in [3.05, 3.63) is 114 Å². The molecule has 0 aliphatic heterocycles. The lowest BCUT2D eigenvalue weighted by Crippen LogP contribution is -2.24. The zero-order valence-corrected chi connectivity index (χ0v) is 15.4. The Hall–Kier alpha value is -3.37. The number of carbonyl (C=O) groups is 2. The molecule has 2 atom stereocenters. The van der Waals surface area contributed by atoms with Crippen LogP contribution in [0.15, 0.2) is 97.3 Å². The van der Waals surface area contributed by atoms with E-state index in [1.54, 1.807) is 66.9 Å². The zero-order chi connectivity index (χ0) is 19.9. The largest absolute Gasteiger partial charge is 0.388 e. The van der Waals surface area contributed by atoms with E-state index in [9.17, 15) is 14.7 Å². The van der Waals surface area contributed by atoms with Gasteiger partial charge in [-0.1, -0.05) is 73.3 Å². The van der Waals surface area contributed by atoms with Gasteiger partial charge >= 0.3 is 0 Å². The maximum atomic E-state index is 13.1. The number of Topliss-reactive ketones (excluding diaryl/α,β-unsaturated/α-hetero) is 2. The minimum Gasteiger partial charge on any atom is -0.388 e. The predicted octanol–water partition coefficient (Wildman–Crippen LogP) is 4.44. The van der Waals surface area contributed by atoms with E-state index < -0.39 is 12.0 Å². The van der Waals surface area contributed by atoms with Gasteiger partial charge in [0.15, 0.2) is 11.6 Å². The molecule has 1 aromatic heterocycles. The molecule has 0 aliphatic rings. The van der Waals surface area contributed by atoms with Crippen molar-refractivity contribution in [2.75, 3.05) is 0 Å². The number of rotatable bonds is 8. The fourth-order valence-corrected chi connectivity index (χ4v) is 3.10. The van der Waals surface area contributed by atoms with E-state index in [0.717, 1.165) is 0 Å². The Morgan fingerprint density at radius 2 is 1.50 bits per heavy atom. The number of nitrogens with zero attached hydrogens (tertiary/aromatic N) is 1. The molecular formula is C24H21NO3. The van der Waals surface area contributed by atoms with Crippen molar-refractivity contribution in [1.29, 1.82) is 0 Å². The molecular weight excluding hydrogens is 350 g/mol. The molecule has 3 rings (SSSR count). The minimum absolute atomic E-state index is 0.0531. The van der Waals surface area contributed by atoms with Crippen molar-refractivity contribution in [3.8, 4) is 0 Å². The van der Waals surface area contributed by atoms with Crippen LogP contribution in [0.5, 0.6) is 0 Å². The Morgan fingerprint density at radius 3 is 2.07 bits per heavy atom. The monoisotopic (exact) mass is 371 g/mol. The van der Waals surface area contributed by atoms with E-state index in [0.29, 0.717) is 16.7 Å². The van der Waals surface area contributed by atoms with Crippen LogP contribution in [0.4, 0.5) is 0 Å². The van der Waals surface area contributed by atoms with Gasteiger partial charge in [0.05, 0.1) is 12.0 Å². The third kappa shape index (κ3) is 4.48. The van der Waals surface area contributed by atoms with Crippen molar-refractivity contribution >= 4 is 11.6 Å². The topological polar surface area (TPSA) is 67.3 Å². The molecule has 4 nitrogen and oxygen atoms in total. The third-order valence-corrected chi connectivity index (χ3v) is 4.63. The Kier molecular flexibility index (Phi) is 6.25. The average molecular weight is 371 g/mol. The minimum atomic E-state index is -1.10. The van der Waals surface area contributed by atoms with Crippen molar-refractivity contribution in [3.63, 3.8) is 0 Å². The van der Waals surface area contributed by atoms with Gasteiger partial charge in [0.2, 0.25) is 0 Å². The van der Waals surface area contributed by atoms with E-state index in [-0.39, 0.29) is 23.6 Å². The summed E-state index contributed by atoms with van der Waals surface area (Å²) in [6, 6.07) is 21.0. The van der Waals surface area contributed by atoms with Crippen molar-refractivity contribution in [2.45, 2.75) is 12.5 Å². The van der Waals surface area contributed by atoms with Crippen molar-refractivity contribution in [1.82, 2.24) is 4.98 Å². The third-order valence-electron chi connectivity index (χ3n) is 4.63. The van der Waals surface area contributed by atoms with Crippen LogP contribution in [0.25, 0.3) is 0 Å². The summed E-state index contributed by atoms with van der Waals surface area (Å²) in [5.41, 5.74) is 1.80. The van der Waals surface area contributed by atoms with Crippen LogP contribution in [-0.4, -0.2) is 21.7 Å².